The number of aliphatic imine (C=N–C) groups is 1. The molecule has 10 heteroatoms. The molecule has 3 heterocycles. The molecule has 9 nitrogen and oxygen atoms in total. The van der Waals surface area contributed by atoms with Gasteiger partial charge in [0.05, 0.1) is 11.9 Å². The summed E-state index contributed by atoms with van der Waals surface area (Å²) < 4.78 is 19.7. The predicted molar refractivity (Wildman–Crippen MR) is 108 cm³/mol. The Labute approximate surface area is 170 Å². The van der Waals surface area contributed by atoms with Crippen molar-refractivity contribution in [3.63, 3.8) is 0 Å². The molecule has 148 valence electrons. The molecular formula is C20H15FN8O. The number of para-hydroxylation sites is 1. The molecule has 0 aliphatic rings. The number of aromatic nitrogens is 5. The van der Waals surface area contributed by atoms with Crippen LogP contribution in [-0.4, -0.2) is 43.6 Å². The van der Waals surface area contributed by atoms with E-state index in [4.69, 9.17) is 4.52 Å². The lowest BCUT2D eigenvalue weighted by atomic mass is 10.1. The van der Waals surface area contributed by atoms with Gasteiger partial charge in [-0.2, -0.15) is 10.1 Å². The van der Waals surface area contributed by atoms with Crippen LogP contribution in [-0.2, 0) is 0 Å². The minimum absolute atomic E-state index is 0.0805. The quantitative estimate of drug-likeness (QED) is 0.389. The lowest BCUT2D eigenvalue weighted by Gasteiger charge is -2.08. The van der Waals surface area contributed by atoms with Crippen LogP contribution in [0.3, 0.4) is 0 Å². The maximum absolute atomic E-state index is 14.3. The lowest BCUT2D eigenvalue weighted by molar-refractivity contribution is 0.412. The van der Waals surface area contributed by atoms with Gasteiger partial charge in [-0.15, -0.1) is 0 Å². The summed E-state index contributed by atoms with van der Waals surface area (Å²) in [7, 11) is 1.62. The van der Waals surface area contributed by atoms with Gasteiger partial charge in [0.15, 0.2) is 5.71 Å². The van der Waals surface area contributed by atoms with E-state index in [2.05, 4.69) is 40.6 Å². The van der Waals surface area contributed by atoms with Gasteiger partial charge in [-0.1, -0.05) is 17.3 Å². The molecule has 0 atom stereocenters. The predicted octanol–water partition coefficient (Wildman–Crippen LogP) is 2.81. The van der Waals surface area contributed by atoms with Crippen molar-refractivity contribution in [1.82, 2.24) is 30.5 Å². The smallest absolute Gasteiger partial charge is 0.280 e. The molecule has 0 radical (unpaired) electrons. The first-order chi connectivity index (χ1) is 14.8. The van der Waals surface area contributed by atoms with Gasteiger partial charge in [-0.3, -0.25) is 9.97 Å². The van der Waals surface area contributed by atoms with Crippen molar-refractivity contribution in [2.24, 2.45) is 10.1 Å². The maximum atomic E-state index is 14.3. The number of pyridine rings is 1. The number of benzene rings is 1. The zero-order valence-corrected chi connectivity index (χ0v) is 15.8. The first kappa shape index (κ1) is 19.0. The third-order valence-corrected chi connectivity index (χ3v) is 3.91. The van der Waals surface area contributed by atoms with Crippen LogP contribution in [0.1, 0.15) is 11.5 Å². The van der Waals surface area contributed by atoms with Gasteiger partial charge in [0, 0.05) is 37.4 Å². The third-order valence-electron chi connectivity index (χ3n) is 3.91. The topological polar surface area (TPSA) is 114 Å². The van der Waals surface area contributed by atoms with Crippen molar-refractivity contribution >= 4 is 17.1 Å². The van der Waals surface area contributed by atoms with Gasteiger partial charge in [-0.25, -0.2) is 14.4 Å². The number of hydrogen-bond donors (Lipinski definition) is 1. The van der Waals surface area contributed by atoms with Crippen LogP contribution in [0, 0.1) is 5.82 Å². The van der Waals surface area contributed by atoms with E-state index in [9.17, 15) is 4.39 Å². The normalized spacial score (nSPS) is 12.1. The van der Waals surface area contributed by atoms with Crippen molar-refractivity contribution in [1.29, 1.82) is 0 Å². The molecular weight excluding hydrogens is 387 g/mol. The van der Waals surface area contributed by atoms with Crippen molar-refractivity contribution < 1.29 is 8.91 Å². The van der Waals surface area contributed by atoms with Gasteiger partial charge < -0.3 is 9.95 Å². The average molecular weight is 402 g/mol. The molecule has 3 aromatic heterocycles. The maximum Gasteiger partial charge on any atom is 0.280 e. The van der Waals surface area contributed by atoms with Gasteiger partial charge in [0.1, 0.15) is 17.2 Å². The van der Waals surface area contributed by atoms with E-state index in [0.29, 0.717) is 17.0 Å². The highest BCUT2D eigenvalue weighted by molar-refractivity contribution is 6.52. The molecule has 0 amide bonds. The summed E-state index contributed by atoms with van der Waals surface area (Å²) in [5.41, 5.74) is 4.48. The molecule has 0 saturated carbocycles. The zero-order chi connectivity index (χ0) is 20.8. The third kappa shape index (κ3) is 4.07. The van der Waals surface area contributed by atoms with Crippen molar-refractivity contribution in [3.05, 3.63) is 84.7 Å². The van der Waals surface area contributed by atoms with Gasteiger partial charge in [-0.05, 0) is 24.3 Å². The number of nitrogens with zero attached hydrogens (tertiary/aromatic N) is 7. The molecule has 0 aliphatic heterocycles. The Kier molecular flexibility index (Phi) is 5.56. The van der Waals surface area contributed by atoms with Crippen LogP contribution in [0.5, 0.6) is 0 Å². The second kappa shape index (κ2) is 8.78. The van der Waals surface area contributed by atoms with Gasteiger partial charge >= 0.3 is 0 Å². The highest BCUT2D eigenvalue weighted by atomic mass is 19.1. The van der Waals surface area contributed by atoms with Crippen LogP contribution in [0.2, 0.25) is 0 Å². The minimum atomic E-state index is -0.473. The number of rotatable bonds is 6. The molecule has 0 aliphatic carbocycles. The summed E-state index contributed by atoms with van der Waals surface area (Å²) in [6.45, 7) is 0. The lowest BCUT2D eigenvalue weighted by Crippen LogP contribution is -2.20. The summed E-state index contributed by atoms with van der Waals surface area (Å²) >= 11 is 0. The molecule has 4 rings (SSSR count). The van der Waals surface area contributed by atoms with Crippen LogP contribution in [0.25, 0.3) is 11.5 Å². The van der Waals surface area contributed by atoms with Crippen LogP contribution in [0.15, 0.2) is 82.0 Å². The van der Waals surface area contributed by atoms with E-state index >= 15 is 0 Å². The molecule has 0 fully saturated rings. The van der Waals surface area contributed by atoms with Crippen LogP contribution in [0.4, 0.5) is 10.1 Å². The largest absolute Gasteiger partial charge is 0.332 e. The summed E-state index contributed by atoms with van der Waals surface area (Å²) in [6.07, 6.45) is 7.78. The molecule has 30 heavy (non-hydrogen) atoms. The monoisotopic (exact) mass is 402 g/mol. The van der Waals surface area contributed by atoms with E-state index in [0.717, 1.165) is 0 Å². The Balaban J connectivity index is 1.84. The second-order valence-corrected chi connectivity index (χ2v) is 5.85. The van der Waals surface area contributed by atoms with Gasteiger partial charge in [0.25, 0.3) is 5.89 Å². The van der Waals surface area contributed by atoms with E-state index in [1.807, 2.05) is 0 Å². The van der Waals surface area contributed by atoms with Crippen molar-refractivity contribution in [2.75, 3.05) is 7.05 Å². The van der Waals surface area contributed by atoms with Crippen molar-refractivity contribution in [3.8, 4) is 11.5 Å². The number of hydrazone groups is 1. The Morgan fingerprint density at radius 3 is 2.57 bits per heavy atom. The highest BCUT2D eigenvalue weighted by Crippen LogP contribution is 2.20. The Bertz CT molecular complexity index is 1190. The van der Waals surface area contributed by atoms with Gasteiger partial charge in [0.2, 0.25) is 5.82 Å². The van der Waals surface area contributed by atoms with Crippen LogP contribution < -0.4 is 5.43 Å². The highest BCUT2D eigenvalue weighted by Gasteiger charge is 2.23. The fourth-order valence-corrected chi connectivity index (χ4v) is 2.58. The molecule has 0 bridgehead atoms. The fourth-order valence-electron chi connectivity index (χ4n) is 2.58. The number of halogens is 1. The first-order valence-electron chi connectivity index (χ1n) is 8.85. The summed E-state index contributed by atoms with van der Waals surface area (Å²) in [6, 6.07) is 9.63. The summed E-state index contributed by atoms with van der Waals surface area (Å²) in [4.78, 5) is 21.0. The number of nitrogens with one attached hydrogen (secondary N) is 1. The summed E-state index contributed by atoms with van der Waals surface area (Å²) in [5, 5.41) is 8.22. The molecule has 4 aromatic rings. The Hall–Kier alpha value is -4.34. The first-order valence-corrected chi connectivity index (χ1v) is 8.85. The second-order valence-electron chi connectivity index (χ2n) is 5.85. The minimum Gasteiger partial charge on any atom is -0.332 e. The van der Waals surface area contributed by atoms with E-state index < -0.39 is 5.82 Å². The Morgan fingerprint density at radius 1 is 1.00 bits per heavy atom. The zero-order valence-electron chi connectivity index (χ0n) is 15.8. The molecule has 1 aromatic carbocycles. The van der Waals surface area contributed by atoms with Crippen LogP contribution >= 0.6 is 0 Å². The molecule has 0 unspecified atom stereocenters. The summed E-state index contributed by atoms with van der Waals surface area (Å²) in [5.74, 6) is -0.155. The number of hydrogen-bond acceptors (Lipinski definition) is 9. The molecule has 1 N–H and O–H groups in total. The fraction of sp³-hybridized carbons (Fsp3) is 0.0500. The SMILES string of the molecule is CNN=C(C(=Nc1ccccc1F)c1ccncc1)c1nc(-c2cnccn2)no1. The molecule has 0 spiro atoms. The van der Waals surface area contributed by atoms with E-state index in [1.54, 1.807) is 56.0 Å². The van der Waals surface area contributed by atoms with Crippen molar-refractivity contribution in [2.45, 2.75) is 0 Å². The Morgan fingerprint density at radius 2 is 1.83 bits per heavy atom. The molecule has 0 saturated heterocycles. The average Bonchev–Trinajstić information content (AvgIpc) is 3.29. The standard InChI is InChI=1S/C20H15FN8O/c1-22-28-18(20-27-19(29-30-20)16-12-24-10-11-25-16)17(13-6-8-23-9-7-13)26-15-5-3-2-4-14(15)21/h2-12,22H,1H3. The van der Waals surface area contributed by atoms with E-state index in [1.165, 1.54) is 18.5 Å². The van der Waals surface area contributed by atoms with E-state index in [-0.39, 0.29) is 23.1 Å².